The molecule has 2 heterocycles. The second-order valence-corrected chi connectivity index (χ2v) is 5.98. The first kappa shape index (κ1) is 15.0. The van der Waals surface area contributed by atoms with Gasteiger partial charge in [-0.25, -0.2) is 9.97 Å². The first-order chi connectivity index (χ1) is 9.58. The van der Waals surface area contributed by atoms with Gasteiger partial charge in [-0.2, -0.15) is 0 Å². The van der Waals surface area contributed by atoms with E-state index in [0.29, 0.717) is 5.92 Å². The van der Waals surface area contributed by atoms with E-state index in [9.17, 15) is 0 Å². The molecule has 1 aromatic heterocycles. The van der Waals surface area contributed by atoms with E-state index in [1.165, 1.54) is 19.5 Å². The molecule has 1 saturated heterocycles. The second kappa shape index (κ2) is 6.88. The van der Waals surface area contributed by atoms with Crippen molar-refractivity contribution < 1.29 is 0 Å². The third-order valence-electron chi connectivity index (χ3n) is 3.68. The molecule has 2 rings (SSSR count). The molecular weight excluding hydrogens is 250 g/mol. The number of anilines is 2. The lowest BCUT2D eigenvalue weighted by Gasteiger charge is -2.15. The van der Waals surface area contributed by atoms with E-state index in [1.54, 1.807) is 0 Å². The zero-order chi connectivity index (χ0) is 14.5. The fourth-order valence-corrected chi connectivity index (χ4v) is 2.53. The molecule has 1 aromatic rings. The summed E-state index contributed by atoms with van der Waals surface area (Å²) in [5.41, 5.74) is 0. The molecule has 0 amide bonds. The van der Waals surface area contributed by atoms with Crippen molar-refractivity contribution in [1.82, 2.24) is 14.9 Å². The van der Waals surface area contributed by atoms with Crippen molar-refractivity contribution in [3.8, 4) is 0 Å². The predicted octanol–water partition coefficient (Wildman–Crippen LogP) is 2.40. The topological polar surface area (TPSA) is 53.1 Å². The van der Waals surface area contributed by atoms with Crippen LogP contribution < -0.4 is 10.6 Å². The molecule has 1 atom stereocenters. The number of hydrogen-bond acceptors (Lipinski definition) is 5. The second-order valence-electron chi connectivity index (χ2n) is 5.98. The van der Waals surface area contributed by atoms with Crippen molar-refractivity contribution in [3.63, 3.8) is 0 Å². The summed E-state index contributed by atoms with van der Waals surface area (Å²) in [5.74, 6) is 3.81. The Morgan fingerprint density at radius 1 is 1.30 bits per heavy atom. The highest BCUT2D eigenvalue weighted by molar-refractivity contribution is 5.47. The summed E-state index contributed by atoms with van der Waals surface area (Å²) in [6.45, 7) is 10.6. The van der Waals surface area contributed by atoms with E-state index in [0.717, 1.165) is 36.5 Å². The highest BCUT2D eigenvalue weighted by Gasteiger charge is 2.19. The highest BCUT2D eigenvalue weighted by Crippen LogP contribution is 2.19. The normalized spacial score (nSPS) is 19.6. The Bertz CT molecular complexity index is 432. The first-order valence-corrected chi connectivity index (χ1v) is 7.63. The SMILES string of the molecule is CCNc1cc(NCC2CCN(C)C2)nc(C(C)C)n1. The largest absolute Gasteiger partial charge is 0.370 e. The maximum atomic E-state index is 4.62. The van der Waals surface area contributed by atoms with Crippen LogP contribution in [0.25, 0.3) is 0 Å². The molecule has 0 saturated carbocycles. The van der Waals surface area contributed by atoms with Crippen LogP contribution in [0.3, 0.4) is 0 Å². The minimum Gasteiger partial charge on any atom is -0.370 e. The molecule has 1 unspecified atom stereocenters. The fraction of sp³-hybridized carbons (Fsp3) is 0.733. The minimum atomic E-state index is 0.340. The molecule has 0 radical (unpaired) electrons. The van der Waals surface area contributed by atoms with E-state index >= 15 is 0 Å². The number of nitrogens with one attached hydrogen (secondary N) is 2. The molecule has 0 aliphatic carbocycles. The predicted molar refractivity (Wildman–Crippen MR) is 84.4 cm³/mol. The van der Waals surface area contributed by atoms with E-state index in [1.807, 2.05) is 6.07 Å². The molecule has 5 heteroatoms. The van der Waals surface area contributed by atoms with Crippen LogP contribution in [-0.4, -0.2) is 48.1 Å². The fourth-order valence-electron chi connectivity index (χ4n) is 2.53. The molecule has 112 valence electrons. The van der Waals surface area contributed by atoms with Gasteiger partial charge in [0.25, 0.3) is 0 Å². The van der Waals surface area contributed by atoms with Gasteiger partial charge in [0.15, 0.2) is 0 Å². The number of aromatic nitrogens is 2. The maximum Gasteiger partial charge on any atom is 0.135 e. The summed E-state index contributed by atoms with van der Waals surface area (Å²) in [7, 11) is 2.19. The summed E-state index contributed by atoms with van der Waals surface area (Å²) in [6, 6.07) is 2.01. The van der Waals surface area contributed by atoms with Gasteiger partial charge < -0.3 is 15.5 Å². The van der Waals surface area contributed by atoms with Crippen LogP contribution in [0.5, 0.6) is 0 Å². The number of nitrogens with zero attached hydrogens (tertiary/aromatic N) is 3. The van der Waals surface area contributed by atoms with Gasteiger partial charge in [-0.1, -0.05) is 13.8 Å². The summed E-state index contributed by atoms with van der Waals surface area (Å²) in [5, 5.41) is 6.76. The number of rotatable bonds is 6. The summed E-state index contributed by atoms with van der Waals surface area (Å²) < 4.78 is 0. The summed E-state index contributed by atoms with van der Waals surface area (Å²) in [6.07, 6.45) is 1.27. The zero-order valence-corrected chi connectivity index (χ0v) is 13.1. The Morgan fingerprint density at radius 2 is 2.00 bits per heavy atom. The van der Waals surface area contributed by atoms with Gasteiger partial charge in [0.1, 0.15) is 17.5 Å². The highest BCUT2D eigenvalue weighted by atomic mass is 15.1. The van der Waals surface area contributed by atoms with Crippen molar-refractivity contribution in [2.75, 3.05) is 43.9 Å². The minimum absolute atomic E-state index is 0.340. The van der Waals surface area contributed by atoms with Gasteiger partial charge in [-0.3, -0.25) is 0 Å². The number of likely N-dealkylation sites (tertiary alicyclic amines) is 1. The van der Waals surface area contributed by atoms with E-state index < -0.39 is 0 Å². The molecular formula is C15H27N5. The smallest absolute Gasteiger partial charge is 0.135 e. The summed E-state index contributed by atoms with van der Waals surface area (Å²) >= 11 is 0. The molecule has 0 spiro atoms. The lowest BCUT2D eigenvalue weighted by molar-refractivity contribution is 0.399. The first-order valence-electron chi connectivity index (χ1n) is 7.63. The third kappa shape index (κ3) is 4.07. The Labute approximate surface area is 122 Å². The molecule has 5 nitrogen and oxygen atoms in total. The monoisotopic (exact) mass is 277 g/mol. The van der Waals surface area contributed by atoms with Gasteiger partial charge in [0, 0.05) is 31.6 Å². The molecule has 2 N–H and O–H groups in total. The van der Waals surface area contributed by atoms with Gasteiger partial charge in [-0.15, -0.1) is 0 Å². The average Bonchev–Trinajstić information content (AvgIpc) is 2.82. The molecule has 1 aliphatic rings. The third-order valence-corrected chi connectivity index (χ3v) is 3.68. The van der Waals surface area contributed by atoms with E-state index in [4.69, 9.17) is 0 Å². The van der Waals surface area contributed by atoms with Crippen LogP contribution in [0.15, 0.2) is 6.07 Å². The average molecular weight is 277 g/mol. The summed E-state index contributed by atoms with van der Waals surface area (Å²) in [4.78, 5) is 11.5. The van der Waals surface area contributed by atoms with Crippen LogP contribution in [-0.2, 0) is 0 Å². The Hall–Kier alpha value is -1.36. The van der Waals surface area contributed by atoms with Crippen molar-refractivity contribution in [2.45, 2.75) is 33.1 Å². The van der Waals surface area contributed by atoms with Crippen LogP contribution in [0.4, 0.5) is 11.6 Å². The van der Waals surface area contributed by atoms with Crippen molar-refractivity contribution in [2.24, 2.45) is 5.92 Å². The van der Waals surface area contributed by atoms with Crippen LogP contribution in [0, 0.1) is 5.92 Å². The molecule has 1 aliphatic heterocycles. The molecule has 1 fully saturated rings. The molecule has 0 aromatic carbocycles. The van der Waals surface area contributed by atoms with E-state index in [2.05, 4.69) is 53.3 Å². The number of hydrogen-bond donors (Lipinski definition) is 2. The Kier molecular flexibility index (Phi) is 5.17. The lowest BCUT2D eigenvalue weighted by Crippen LogP contribution is -2.20. The van der Waals surface area contributed by atoms with Crippen molar-refractivity contribution in [3.05, 3.63) is 11.9 Å². The van der Waals surface area contributed by atoms with Crippen LogP contribution in [0.2, 0.25) is 0 Å². The van der Waals surface area contributed by atoms with Gasteiger partial charge in [-0.05, 0) is 32.9 Å². The molecule has 20 heavy (non-hydrogen) atoms. The standard InChI is InChI=1S/C15H27N5/c1-5-16-13-8-14(19-15(18-13)11(2)3)17-9-12-6-7-20(4)10-12/h8,11-12H,5-7,9-10H2,1-4H3,(H2,16,17,18,19). The lowest BCUT2D eigenvalue weighted by atomic mass is 10.1. The van der Waals surface area contributed by atoms with Gasteiger partial charge in [0.05, 0.1) is 0 Å². The van der Waals surface area contributed by atoms with Crippen molar-refractivity contribution >= 4 is 11.6 Å². The van der Waals surface area contributed by atoms with Crippen LogP contribution >= 0.6 is 0 Å². The Morgan fingerprint density at radius 3 is 2.55 bits per heavy atom. The quantitative estimate of drug-likeness (QED) is 0.836. The van der Waals surface area contributed by atoms with Crippen LogP contribution in [0.1, 0.15) is 38.9 Å². The Balaban J connectivity index is 2.02. The molecule has 0 bridgehead atoms. The maximum absolute atomic E-state index is 4.62. The van der Waals surface area contributed by atoms with Gasteiger partial charge in [0.2, 0.25) is 0 Å². The van der Waals surface area contributed by atoms with Gasteiger partial charge >= 0.3 is 0 Å². The van der Waals surface area contributed by atoms with Crippen molar-refractivity contribution in [1.29, 1.82) is 0 Å². The zero-order valence-electron chi connectivity index (χ0n) is 13.1. The van der Waals surface area contributed by atoms with E-state index in [-0.39, 0.29) is 0 Å².